The topological polar surface area (TPSA) is 48.1 Å². The third kappa shape index (κ3) is 2.99. The number of benzene rings is 1. The van der Waals surface area contributed by atoms with Crippen LogP contribution in [0, 0.1) is 5.82 Å². The van der Waals surface area contributed by atoms with Gasteiger partial charge in [-0.05, 0) is 24.3 Å². The van der Waals surface area contributed by atoms with Crippen LogP contribution in [0.2, 0.25) is 10.2 Å². The zero-order valence-electron chi connectivity index (χ0n) is 8.45. The highest BCUT2D eigenvalue weighted by Gasteiger charge is 2.06. The fraction of sp³-hybridized carbons (Fsp3) is 0. The summed E-state index contributed by atoms with van der Waals surface area (Å²) in [5, 5.41) is 0.351. The standard InChI is InChI=1S/C11H7Cl2FN2O/c12-8-3-6(14)1-2-9(8)17-11-5-7(15)4-10(13)16-11/h1-5H,(H2,15,16). The van der Waals surface area contributed by atoms with E-state index < -0.39 is 5.82 Å². The van der Waals surface area contributed by atoms with Gasteiger partial charge in [-0.15, -0.1) is 0 Å². The summed E-state index contributed by atoms with van der Waals surface area (Å²) in [6.45, 7) is 0. The molecule has 1 aromatic carbocycles. The highest BCUT2D eigenvalue weighted by Crippen LogP contribution is 2.30. The van der Waals surface area contributed by atoms with Gasteiger partial charge in [0.25, 0.3) is 0 Å². The van der Waals surface area contributed by atoms with E-state index in [4.69, 9.17) is 33.7 Å². The number of rotatable bonds is 2. The van der Waals surface area contributed by atoms with Crippen molar-refractivity contribution in [3.63, 3.8) is 0 Å². The van der Waals surface area contributed by atoms with Crippen LogP contribution in [-0.2, 0) is 0 Å². The van der Waals surface area contributed by atoms with Gasteiger partial charge < -0.3 is 10.5 Å². The van der Waals surface area contributed by atoms with Crippen LogP contribution in [0.1, 0.15) is 0 Å². The van der Waals surface area contributed by atoms with Gasteiger partial charge in [-0.1, -0.05) is 23.2 Å². The number of hydrogen-bond donors (Lipinski definition) is 1. The van der Waals surface area contributed by atoms with Crippen molar-refractivity contribution in [2.24, 2.45) is 0 Å². The third-order valence-electron chi connectivity index (χ3n) is 1.90. The predicted octanol–water partition coefficient (Wildman–Crippen LogP) is 3.90. The Bertz CT molecular complexity index is 543. The summed E-state index contributed by atoms with van der Waals surface area (Å²) >= 11 is 11.5. The first-order valence-corrected chi connectivity index (χ1v) is 5.36. The normalized spacial score (nSPS) is 10.3. The van der Waals surface area contributed by atoms with Crippen LogP contribution in [0.25, 0.3) is 0 Å². The molecule has 0 radical (unpaired) electrons. The maximum atomic E-state index is 12.8. The summed E-state index contributed by atoms with van der Waals surface area (Å²) in [5.41, 5.74) is 5.99. The summed E-state index contributed by atoms with van der Waals surface area (Å²) in [4.78, 5) is 3.90. The number of nitrogens with two attached hydrogens (primary N) is 1. The average molecular weight is 273 g/mol. The van der Waals surface area contributed by atoms with Gasteiger partial charge in [-0.25, -0.2) is 9.37 Å². The van der Waals surface area contributed by atoms with E-state index in [0.717, 1.165) is 6.07 Å². The van der Waals surface area contributed by atoms with Crippen molar-refractivity contribution < 1.29 is 9.13 Å². The van der Waals surface area contributed by atoms with E-state index in [9.17, 15) is 4.39 Å². The van der Waals surface area contributed by atoms with E-state index >= 15 is 0 Å². The molecular weight excluding hydrogens is 266 g/mol. The first kappa shape index (κ1) is 12.0. The third-order valence-corrected chi connectivity index (χ3v) is 2.39. The molecule has 0 aliphatic rings. The smallest absolute Gasteiger partial charge is 0.222 e. The van der Waals surface area contributed by atoms with Crippen molar-refractivity contribution in [3.8, 4) is 11.6 Å². The molecule has 0 aliphatic heterocycles. The van der Waals surface area contributed by atoms with Crippen LogP contribution in [-0.4, -0.2) is 4.98 Å². The van der Waals surface area contributed by atoms with Crippen molar-refractivity contribution in [1.29, 1.82) is 0 Å². The molecule has 2 rings (SSSR count). The maximum absolute atomic E-state index is 12.8. The maximum Gasteiger partial charge on any atom is 0.222 e. The number of hydrogen-bond acceptors (Lipinski definition) is 3. The lowest BCUT2D eigenvalue weighted by Gasteiger charge is -2.07. The van der Waals surface area contributed by atoms with Crippen molar-refractivity contribution in [2.75, 3.05) is 5.73 Å². The molecule has 88 valence electrons. The molecule has 17 heavy (non-hydrogen) atoms. The Morgan fingerprint density at radius 3 is 2.59 bits per heavy atom. The molecule has 1 heterocycles. The zero-order valence-corrected chi connectivity index (χ0v) is 9.97. The Kier molecular flexibility index (Phi) is 3.36. The molecular formula is C11H7Cl2FN2O. The van der Waals surface area contributed by atoms with Crippen LogP contribution in [0.4, 0.5) is 10.1 Å². The van der Waals surface area contributed by atoms with Gasteiger partial charge in [0.15, 0.2) is 0 Å². The Morgan fingerprint density at radius 2 is 1.94 bits per heavy atom. The number of halogens is 3. The molecule has 2 N–H and O–H groups in total. The molecule has 1 aromatic heterocycles. The molecule has 3 nitrogen and oxygen atoms in total. The summed E-state index contributed by atoms with van der Waals surface area (Å²) in [5.74, 6) is 0.0339. The minimum Gasteiger partial charge on any atom is -0.437 e. The molecule has 0 bridgehead atoms. The minimum atomic E-state index is -0.444. The van der Waals surface area contributed by atoms with Gasteiger partial charge in [0.05, 0.1) is 5.02 Å². The quantitative estimate of drug-likeness (QED) is 0.844. The molecule has 0 aliphatic carbocycles. The van der Waals surface area contributed by atoms with Gasteiger partial charge >= 0.3 is 0 Å². The van der Waals surface area contributed by atoms with Gasteiger partial charge in [-0.2, -0.15) is 0 Å². The van der Waals surface area contributed by atoms with E-state index in [-0.39, 0.29) is 21.8 Å². The summed E-state index contributed by atoms with van der Waals surface area (Å²) in [6.07, 6.45) is 0. The molecule has 6 heteroatoms. The van der Waals surface area contributed by atoms with Crippen LogP contribution in [0.3, 0.4) is 0 Å². The molecule has 0 unspecified atom stereocenters. The Labute approximate surface area is 107 Å². The molecule has 0 spiro atoms. The fourth-order valence-electron chi connectivity index (χ4n) is 1.21. The lowest BCUT2D eigenvalue weighted by molar-refractivity contribution is 0.462. The van der Waals surface area contributed by atoms with E-state index in [0.29, 0.717) is 5.69 Å². The minimum absolute atomic E-state index is 0.144. The number of nitrogen functional groups attached to an aromatic ring is 1. The van der Waals surface area contributed by atoms with Gasteiger partial charge in [0.1, 0.15) is 16.7 Å². The Morgan fingerprint density at radius 1 is 1.18 bits per heavy atom. The molecule has 0 atom stereocenters. The summed E-state index contributed by atoms with van der Waals surface area (Å²) in [7, 11) is 0. The van der Waals surface area contributed by atoms with Gasteiger partial charge in [0, 0.05) is 11.8 Å². The number of nitrogens with zero attached hydrogens (tertiary/aromatic N) is 1. The SMILES string of the molecule is Nc1cc(Cl)nc(Oc2ccc(F)cc2Cl)c1. The Hall–Kier alpha value is -1.52. The molecule has 0 saturated carbocycles. The van der Waals surface area contributed by atoms with Crippen LogP contribution < -0.4 is 10.5 Å². The van der Waals surface area contributed by atoms with E-state index in [1.165, 1.54) is 24.3 Å². The Balaban J connectivity index is 2.31. The zero-order chi connectivity index (χ0) is 12.4. The van der Waals surface area contributed by atoms with Crippen molar-refractivity contribution >= 4 is 28.9 Å². The van der Waals surface area contributed by atoms with E-state index in [1.54, 1.807) is 0 Å². The first-order valence-electron chi connectivity index (χ1n) is 4.60. The number of ether oxygens (including phenoxy) is 1. The van der Waals surface area contributed by atoms with Crippen molar-refractivity contribution in [2.45, 2.75) is 0 Å². The predicted molar refractivity (Wildman–Crippen MR) is 65.1 cm³/mol. The second-order valence-corrected chi connectivity index (χ2v) is 4.03. The lowest BCUT2D eigenvalue weighted by atomic mass is 10.3. The van der Waals surface area contributed by atoms with Gasteiger partial charge in [-0.3, -0.25) is 0 Å². The van der Waals surface area contributed by atoms with Crippen LogP contribution in [0.15, 0.2) is 30.3 Å². The highest BCUT2D eigenvalue weighted by atomic mass is 35.5. The summed E-state index contributed by atoms with van der Waals surface area (Å²) < 4.78 is 18.2. The number of anilines is 1. The molecule has 0 amide bonds. The van der Waals surface area contributed by atoms with Crippen LogP contribution in [0.5, 0.6) is 11.6 Å². The molecule has 0 fully saturated rings. The highest BCUT2D eigenvalue weighted by molar-refractivity contribution is 6.32. The average Bonchev–Trinajstić information content (AvgIpc) is 2.21. The largest absolute Gasteiger partial charge is 0.437 e. The summed E-state index contributed by atoms with van der Waals surface area (Å²) in [6, 6.07) is 6.75. The molecule has 2 aromatic rings. The van der Waals surface area contributed by atoms with Crippen molar-refractivity contribution in [3.05, 3.63) is 46.3 Å². The second-order valence-electron chi connectivity index (χ2n) is 3.24. The molecule has 0 saturated heterocycles. The lowest BCUT2D eigenvalue weighted by Crippen LogP contribution is -1.92. The van der Waals surface area contributed by atoms with Crippen molar-refractivity contribution in [1.82, 2.24) is 4.98 Å². The number of pyridine rings is 1. The fourth-order valence-corrected chi connectivity index (χ4v) is 1.63. The van der Waals surface area contributed by atoms with Crippen LogP contribution >= 0.6 is 23.2 Å². The second kappa shape index (κ2) is 4.77. The number of aromatic nitrogens is 1. The first-order chi connectivity index (χ1) is 8.04. The van der Waals surface area contributed by atoms with E-state index in [2.05, 4.69) is 4.98 Å². The van der Waals surface area contributed by atoms with Gasteiger partial charge in [0.2, 0.25) is 5.88 Å². The van der Waals surface area contributed by atoms with E-state index in [1.807, 2.05) is 0 Å². The monoisotopic (exact) mass is 272 g/mol.